The fourth-order valence-electron chi connectivity index (χ4n) is 3.40. The Morgan fingerprint density at radius 2 is 2.29 bits per heavy atom. The van der Waals surface area contributed by atoms with E-state index in [1.165, 1.54) is 5.56 Å². The largest absolute Gasteiger partial charge is 0.480 e. The second-order valence-corrected chi connectivity index (χ2v) is 5.64. The van der Waals surface area contributed by atoms with Crippen molar-refractivity contribution in [1.29, 1.82) is 0 Å². The first-order valence-corrected chi connectivity index (χ1v) is 7.53. The van der Waals surface area contributed by atoms with Gasteiger partial charge in [-0.2, -0.15) is 0 Å². The number of hydrogen-bond donors (Lipinski definition) is 1. The first-order chi connectivity index (χ1) is 10.2. The van der Waals surface area contributed by atoms with Gasteiger partial charge in [-0.05, 0) is 48.9 Å². The molecular weight excluding hydrogens is 264 g/mol. The molecular formula is C17H20N2O2. The minimum Gasteiger partial charge on any atom is -0.480 e. The van der Waals surface area contributed by atoms with Crippen molar-refractivity contribution in [1.82, 2.24) is 9.88 Å². The Balaban J connectivity index is 1.95. The summed E-state index contributed by atoms with van der Waals surface area (Å²) in [5, 5.41) is 11.7. The molecule has 1 N–H and O–H groups in total. The van der Waals surface area contributed by atoms with Crippen LogP contribution in [0.25, 0.3) is 10.8 Å². The van der Waals surface area contributed by atoms with Crippen molar-refractivity contribution in [3.05, 3.63) is 42.2 Å². The van der Waals surface area contributed by atoms with Crippen molar-refractivity contribution in [3.8, 4) is 0 Å². The van der Waals surface area contributed by atoms with E-state index in [1.807, 2.05) is 12.3 Å². The highest BCUT2D eigenvalue weighted by Gasteiger charge is 2.35. The van der Waals surface area contributed by atoms with Crippen LogP contribution in [0.4, 0.5) is 0 Å². The first kappa shape index (κ1) is 14.0. The lowest BCUT2D eigenvalue weighted by Gasteiger charge is -2.31. The van der Waals surface area contributed by atoms with E-state index in [9.17, 15) is 9.90 Å². The zero-order chi connectivity index (χ0) is 14.8. The molecule has 0 radical (unpaired) electrons. The van der Waals surface area contributed by atoms with Crippen LogP contribution < -0.4 is 0 Å². The Kier molecular flexibility index (Phi) is 3.88. The molecule has 0 bridgehead atoms. The standard InChI is InChI=1S/C17H20N2O2/c1-2-15(19-9-3-4-16(19)17(20)21)13-5-6-14-11-18-8-7-12(14)10-13/h5-8,10-11,15-16H,2-4,9H2,1H3,(H,20,21). The van der Waals surface area contributed by atoms with Crippen LogP contribution in [-0.2, 0) is 4.79 Å². The van der Waals surface area contributed by atoms with Crippen molar-refractivity contribution < 1.29 is 9.90 Å². The molecule has 1 aliphatic heterocycles. The lowest BCUT2D eigenvalue weighted by atomic mass is 9.99. The maximum atomic E-state index is 11.4. The SMILES string of the molecule is CCC(c1ccc2cnccc2c1)N1CCCC1C(=O)O. The van der Waals surface area contributed by atoms with Crippen LogP contribution in [0.1, 0.15) is 37.8 Å². The summed E-state index contributed by atoms with van der Waals surface area (Å²) < 4.78 is 0. The van der Waals surface area contributed by atoms with Gasteiger partial charge in [0.15, 0.2) is 0 Å². The zero-order valence-electron chi connectivity index (χ0n) is 12.2. The molecule has 2 atom stereocenters. The van der Waals surface area contributed by atoms with Gasteiger partial charge in [0.1, 0.15) is 6.04 Å². The number of aliphatic carboxylic acids is 1. The molecule has 2 aromatic rings. The number of fused-ring (bicyclic) bond motifs is 1. The van der Waals surface area contributed by atoms with E-state index in [-0.39, 0.29) is 12.1 Å². The number of likely N-dealkylation sites (tertiary alicyclic amines) is 1. The van der Waals surface area contributed by atoms with Gasteiger partial charge in [-0.15, -0.1) is 0 Å². The third-order valence-electron chi connectivity index (χ3n) is 4.42. The normalized spacial score (nSPS) is 20.7. The number of nitrogens with zero attached hydrogens (tertiary/aromatic N) is 2. The summed E-state index contributed by atoms with van der Waals surface area (Å²) in [5.74, 6) is -0.698. The summed E-state index contributed by atoms with van der Waals surface area (Å²) in [6.07, 6.45) is 6.29. The molecule has 4 heteroatoms. The van der Waals surface area contributed by atoms with Crippen LogP contribution in [0.2, 0.25) is 0 Å². The fraction of sp³-hybridized carbons (Fsp3) is 0.412. The van der Waals surface area contributed by atoms with Crippen LogP contribution in [0.15, 0.2) is 36.7 Å². The highest BCUT2D eigenvalue weighted by atomic mass is 16.4. The average molecular weight is 284 g/mol. The van der Waals surface area contributed by atoms with Gasteiger partial charge in [0, 0.05) is 23.8 Å². The van der Waals surface area contributed by atoms with Gasteiger partial charge >= 0.3 is 5.97 Å². The lowest BCUT2D eigenvalue weighted by Crippen LogP contribution is -2.38. The van der Waals surface area contributed by atoms with E-state index >= 15 is 0 Å². The van der Waals surface area contributed by atoms with Crippen LogP contribution in [0.3, 0.4) is 0 Å². The monoisotopic (exact) mass is 284 g/mol. The molecule has 2 unspecified atom stereocenters. The number of hydrogen-bond acceptors (Lipinski definition) is 3. The summed E-state index contributed by atoms with van der Waals surface area (Å²) in [7, 11) is 0. The molecule has 0 aliphatic carbocycles. The molecule has 1 saturated heterocycles. The summed E-state index contributed by atoms with van der Waals surface area (Å²) in [4.78, 5) is 17.7. The quantitative estimate of drug-likeness (QED) is 0.936. The van der Waals surface area contributed by atoms with Crippen molar-refractivity contribution in [3.63, 3.8) is 0 Å². The molecule has 21 heavy (non-hydrogen) atoms. The Hall–Kier alpha value is -1.94. The van der Waals surface area contributed by atoms with Crippen molar-refractivity contribution in [2.24, 2.45) is 0 Å². The van der Waals surface area contributed by atoms with Gasteiger partial charge in [-0.25, -0.2) is 0 Å². The zero-order valence-corrected chi connectivity index (χ0v) is 12.2. The molecule has 110 valence electrons. The van der Waals surface area contributed by atoms with Gasteiger partial charge in [0.25, 0.3) is 0 Å². The van der Waals surface area contributed by atoms with Crippen LogP contribution >= 0.6 is 0 Å². The molecule has 1 aromatic carbocycles. The van der Waals surface area contributed by atoms with E-state index in [1.54, 1.807) is 6.20 Å². The molecule has 0 amide bonds. The predicted octanol–water partition coefficient (Wildman–Crippen LogP) is 3.23. The van der Waals surface area contributed by atoms with Gasteiger partial charge in [-0.3, -0.25) is 14.7 Å². The Labute approximate surface area is 124 Å². The maximum absolute atomic E-state index is 11.4. The Bertz CT molecular complexity index is 656. The lowest BCUT2D eigenvalue weighted by molar-refractivity contribution is -0.143. The number of aromatic nitrogens is 1. The molecule has 1 aliphatic rings. The van der Waals surface area contributed by atoms with E-state index in [4.69, 9.17) is 0 Å². The van der Waals surface area contributed by atoms with Crippen LogP contribution in [0, 0.1) is 0 Å². The molecule has 0 spiro atoms. The predicted molar refractivity (Wildman–Crippen MR) is 82.1 cm³/mol. The van der Waals surface area contributed by atoms with E-state index in [2.05, 4.69) is 35.0 Å². The van der Waals surface area contributed by atoms with Crippen LogP contribution in [0.5, 0.6) is 0 Å². The van der Waals surface area contributed by atoms with Crippen molar-refractivity contribution in [2.45, 2.75) is 38.3 Å². The fourth-order valence-corrected chi connectivity index (χ4v) is 3.40. The summed E-state index contributed by atoms with van der Waals surface area (Å²) in [6, 6.07) is 8.18. The highest BCUT2D eigenvalue weighted by molar-refractivity contribution is 5.82. The van der Waals surface area contributed by atoms with Crippen LogP contribution in [-0.4, -0.2) is 33.5 Å². The Morgan fingerprint density at radius 1 is 1.43 bits per heavy atom. The minimum absolute atomic E-state index is 0.172. The second-order valence-electron chi connectivity index (χ2n) is 5.64. The molecule has 0 saturated carbocycles. The number of carboxylic acid groups (broad SMARTS) is 1. The molecule has 2 heterocycles. The average Bonchev–Trinajstić information content (AvgIpc) is 2.97. The maximum Gasteiger partial charge on any atom is 0.320 e. The van der Waals surface area contributed by atoms with Crippen molar-refractivity contribution in [2.75, 3.05) is 6.54 Å². The Morgan fingerprint density at radius 3 is 3.05 bits per heavy atom. The van der Waals surface area contributed by atoms with Crippen molar-refractivity contribution >= 4 is 16.7 Å². The van der Waals surface area contributed by atoms with Gasteiger partial charge in [0.2, 0.25) is 0 Å². The van der Waals surface area contributed by atoms with E-state index < -0.39 is 5.97 Å². The third kappa shape index (κ3) is 2.63. The molecule has 1 fully saturated rings. The number of benzene rings is 1. The number of rotatable bonds is 4. The van der Waals surface area contributed by atoms with E-state index in [0.29, 0.717) is 0 Å². The minimum atomic E-state index is -0.698. The summed E-state index contributed by atoms with van der Waals surface area (Å²) in [6.45, 7) is 2.99. The number of carboxylic acids is 1. The topological polar surface area (TPSA) is 53.4 Å². The third-order valence-corrected chi connectivity index (χ3v) is 4.42. The second kappa shape index (κ2) is 5.82. The summed E-state index contributed by atoms with van der Waals surface area (Å²) in [5.41, 5.74) is 1.20. The van der Waals surface area contributed by atoms with Gasteiger partial charge in [0.05, 0.1) is 0 Å². The number of pyridine rings is 1. The number of carbonyl (C=O) groups is 1. The summed E-state index contributed by atoms with van der Waals surface area (Å²) >= 11 is 0. The molecule has 4 nitrogen and oxygen atoms in total. The first-order valence-electron chi connectivity index (χ1n) is 7.53. The smallest absolute Gasteiger partial charge is 0.320 e. The van der Waals surface area contributed by atoms with E-state index in [0.717, 1.165) is 36.6 Å². The van der Waals surface area contributed by atoms with Gasteiger partial charge in [-0.1, -0.05) is 19.1 Å². The van der Waals surface area contributed by atoms with Gasteiger partial charge < -0.3 is 5.11 Å². The molecule has 1 aromatic heterocycles. The molecule has 3 rings (SSSR count). The highest BCUT2D eigenvalue weighted by Crippen LogP contribution is 2.33.